The Kier molecular flexibility index (Phi) is 7.94. The van der Waals surface area contributed by atoms with E-state index in [1.165, 1.54) is 19.3 Å². The average Bonchev–Trinajstić information content (AvgIpc) is 2.82. The Balaban J connectivity index is 1.41. The van der Waals surface area contributed by atoms with Crippen molar-refractivity contribution >= 4 is 35.1 Å². The molecule has 5 nitrogen and oxygen atoms in total. The Morgan fingerprint density at radius 1 is 0.970 bits per heavy atom. The van der Waals surface area contributed by atoms with Crippen LogP contribution in [0.5, 0.6) is 5.75 Å². The first-order valence-electron chi connectivity index (χ1n) is 11.7. The fourth-order valence-corrected chi connectivity index (χ4v) is 5.20. The summed E-state index contributed by atoms with van der Waals surface area (Å²) < 4.78 is 5.69. The quantitative estimate of drug-likeness (QED) is 0.471. The molecule has 2 aromatic carbocycles. The molecule has 0 radical (unpaired) electrons. The smallest absolute Gasteiger partial charge is 0.409 e. The maximum atomic E-state index is 13.1. The van der Waals surface area contributed by atoms with E-state index in [1.54, 1.807) is 23.1 Å². The third kappa shape index (κ3) is 6.08. The van der Waals surface area contributed by atoms with E-state index in [1.807, 2.05) is 25.1 Å². The van der Waals surface area contributed by atoms with Gasteiger partial charge in [-0.15, -0.1) is 0 Å². The highest BCUT2D eigenvalue weighted by Crippen LogP contribution is 2.28. The van der Waals surface area contributed by atoms with Crippen molar-refractivity contribution in [1.82, 2.24) is 9.80 Å². The molecule has 2 aliphatic rings. The molecule has 0 N–H and O–H groups in total. The Bertz CT molecular complexity index is 1010. The molecule has 176 valence electrons. The Labute approximate surface area is 205 Å². The summed E-state index contributed by atoms with van der Waals surface area (Å²) in [5.41, 5.74) is 2.04. The highest BCUT2D eigenvalue weighted by atomic mass is 35.5. The molecule has 1 amide bonds. The molecule has 33 heavy (non-hydrogen) atoms. The van der Waals surface area contributed by atoms with Gasteiger partial charge in [-0.05, 0) is 81.1 Å². The summed E-state index contributed by atoms with van der Waals surface area (Å²) >= 11 is 12.5. The number of ketones is 1. The normalized spacial score (nSPS) is 17.7. The summed E-state index contributed by atoms with van der Waals surface area (Å²) in [6.07, 6.45) is 5.44. The summed E-state index contributed by atoms with van der Waals surface area (Å²) in [7, 11) is 0. The van der Waals surface area contributed by atoms with Gasteiger partial charge in [0.1, 0.15) is 5.75 Å². The number of carbonyl (C=O) groups is 2. The molecule has 2 aromatic rings. The van der Waals surface area contributed by atoms with Crippen LogP contribution in [-0.4, -0.2) is 53.9 Å². The van der Waals surface area contributed by atoms with Gasteiger partial charge in [-0.1, -0.05) is 41.8 Å². The van der Waals surface area contributed by atoms with Crippen LogP contribution in [0.25, 0.3) is 0 Å². The van der Waals surface area contributed by atoms with E-state index >= 15 is 0 Å². The fourth-order valence-electron chi connectivity index (χ4n) is 4.73. The third-order valence-electron chi connectivity index (χ3n) is 6.63. The van der Waals surface area contributed by atoms with Crippen LogP contribution >= 0.6 is 23.2 Å². The molecule has 4 rings (SSSR count). The van der Waals surface area contributed by atoms with Gasteiger partial charge < -0.3 is 14.5 Å². The summed E-state index contributed by atoms with van der Waals surface area (Å²) in [4.78, 5) is 30.3. The molecule has 0 bridgehead atoms. The number of Topliss-reactive ketones (excluding diaryl/α,β-unsaturated/α-hetero) is 1. The van der Waals surface area contributed by atoms with Gasteiger partial charge in [0.2, 0.25) is 0 Å². The second-order valence-electron chi connectivity index (χ2n) is 9.02. The number of rotatable bonds is 5. The Hall–Kier alpha value is -2.08. The van der Waals surface area contributed by atoms with Crippen molar-refractivity contribution in [3.8, 4) is 5.75 Å². The zero-order chi connectivity index (χ0) is 23.4. The Morgan fingerprint density at radius 3 is 2.39 bits per heavy atom. The summed E-state index contributed by atoms with van der Waals surface area (Å²) in [6, 6.07) is 10.9. The molecule has 0 unspecified atom stereocenters. The largest absolute Gasteiger partial charge is 0.415 e. The molecule has 0 spiro atoms. The van der Waals surface area contributed by atoms with Crippen molar-refractivity contribution < 1.29 is 14.3 Å². The second kappa shape index (κ2) is 10.9. The van der Waals surface area contributed by atoms with Crippen molar-refractivity contribution in [2.45, 2.75) is 51.5 Å². The molecular weight excluding hydrogens is 459 g/mol. The van der Waals surface area contributed by atoms with Crippen LogP contribution < -0.4 is 4.74 Å². The number of ether oxygens (including phenoxy) is 1. The van der Waals surface area contributed by atoms with Crippen molar-refractivity contribution in [3.05, 3.63) is 63.1 Å². The fraction of sp³-hybridized carbons (Fsp3) is 0.462. The summed E-state index contributed by atoms with van der Waals surface area (Å²) in [5, 5.41) is 0.955. The predicted molar refractivity (Wildman–Crippen MR) is 132 cm³/mol. The van der Waals surface area contributed by atoms with E-state index < -0.39 is 6.09 Å². The minimum atomic E-state index is -0.420. The first-order valence-corrected chi connectivity index (χ1v) is 12.4. The van der Waals surface area contributed by atoms with E-state index in [-0.39, 0.29) is 23.5 Å². The van der Waals surface area contributed by atoms with Crippen molar-refractivity contribution in [3.63, 3.8) is 0 Å². The molecule has 0 saturated carbocycles. The molecule has 2 aliphatic heterocycles. The number of carbonyl (C=O) groups excluding carboxylic acids is 2. The maximum absolute atomic E-state index is 13.1. The van der Waals surface area contributed by atoms with Crippen LogP contribution in [0.3, 0.4) is 0 Å². The number of benzene rings is 2. The summed E-state index contributed by atoms with van der Waals surface area (Å²) in [5.74, 6) is 0.0330. The van der Waals surface area contributed by atoms with Gasteiger partial charge in [-0.2, -0.15) is 0 Å². The van der Waals surface area contributed by atoms with Crippen molar-refractivity contribution in [1.29, 1.82) is 0 Å². The van der Waals surface area contributed by atoms with Crippen LogP contribution in [0.1, 0.15) is 53.6 Å². The molecule has 2 heterocycles. The van der Waals surface area contributed by atoms with Gasteiger partial charge in [-0.3, -0.25) is 4.79 Å². The van der Waals surface area contributed by atoms with Gasteiger partial charge in [0, 0.05) is 35.6 Å². The number of aryl methyl sites for hydroxylation is 1. The zero-order valence-electron chi connectivity index (χ0n) is 19.0. The number of hydrogen-bond donors (Lipinski definition) is 0. The lowest BCUT2D eigenvalue weighted by molar-refractivity contribution is 0.0874. The number of piperidine rings is 2. The average molecular weight is 489 g/mol. The molecule has 0 aliphatic carbocycles. The molecule has 0 aromatic heterocycles. The molecule has 2 fully saturated rings. The number of nitrogens with zero attached hydrogens (tertiary/aromatic N) is 2. The van der Waals surface area contributed by atoms with Crippen LogP contribution in [-0.2, 0) is 6.42 Å². The van der Waals surface area contributed by atoms with Crippen LogP contribution in [0.15, 0.2) is 36.4 Å². The van der Waals surface area contributed by atoms with E-state index in [0.717, 1.165) is 37.1 Å². The lowest BCUT2D eigenvalue weighted by Gasteiger charge is -2.39. The van der Waals surface area contributed by atoms with Gasteiger partial charge in [0.25, 0.3) is 0 Å². The second-order valence-corrected chi connectivity index (χ2v) is 9.86. The minimum Gasteiger partial charge on any atom is -0.409 e. The van der Waals surface area contributed by atoms with Crippen molar-refractivity contribution in [2.75, 3.05) is 26.2 Å². The van der Waals surface area contributed by atoms with Gasteiger partial charge in [0.15, 0.2) is 5.78 Å². The van der Waals surface area contributed by atoms with Crippen LogP contribution in [0.2, 0.25) is 10.0 Å². The Morgan fingerprint density at radius 2 is 1.70 bits per heavy atom. The SMILES string of the molecule is Cc1ccc(CC(=O)c2cc(Cl)ccc2OC(=O)N2CCC(N3CCCCC3)CC2)c(Cl)c1. The van der Waals surface area contributed by atoms with E-state index in [2.05, 4.69) is 4.90 Å². The topological polar surface area (TPSA) is 49.9 Å². The first-order chi connectivity index (χ1) is 15.9. The number of halogens is 2. The summed E-state index contributed by atoms with van der Waals surface area (Å²) in [6.45, 7) is 5.60. The third-order valence-corrected chi connectivity index (χ3v) is 7.22. The van der Waals surface area contributed by atoms with Gasteiger partial charge in [-0.25, -0.2) is 4.79 Å². The number of hydrogen-bond acceptors (Lipinski definition) is 4. The first kappa shape index (κ1) is 24.1. The van der Waals surface area contributed by atoms with E-state index in [9.17, 15) is 9.59 Å². The van der Waals surface area contributed by atoms with Crippen LogP contribution in [0, 0.1) is 6.92 Å². The molecule has 2 saturated heterocycles. The maximum Gasteiger partial charge on any atom is 0.415 e. The number of amides is 1. The molecule has 0 atom stereocenters. The molecular formula is C26H30Cl2N2O3. The lowest BCUT2D eigenvalue weighted by Crippen LogP contribution is -2.48. The zero-order valence-corrected chi connectivity index (χ0v) is 20.5. The number of likely N-dealkylation sites (tertiary alicyclic amines) is 2. The lowest BCUT2D eigenvalue weighted by atomic mass is 10.00. The highest BCUT2D eigenvalue weighted by Gasteiger charge is 2.29. The van der Waals surface area contributed by atoms with Crippen LogP contribution in [0.4, 0.5) is 4.79 Å². The molecule has 7 heteroatoms. The van der Waals surface area contributed by atoms with Crippen molar-refractivity contribution in [2.24, 2.45) is 0 Å². The standard InChI is InChI=1S/C26H30Cl2N2O3/c1-18-5-6-19(23(28)15-18)16-24(31)22-17-20(27)7-8-25(22)33-26(32)30-13-9-21(10-14-30)29-11-3-2-4-12-29/h5-8,15,17,21H,2-4,9-14,16H2,1H3. The van der Waals surface area contributed by atoms with E-state index in [0.29, 0.717) is 29.2 Å². The van der Waals surface area contributed by atoms with Gasteiger partial charge in [0.05, 0.1) is 5.56 Å². The van der Waals surface area contributed by atoms with E-state index in [4.69, 9.17) is 27.9 Å². The predicted octanol–water partition coefficient (Wildman–Crippen LogP) is 6.18. The van der Waals surface area contributed by atoms with Gasteiger partial charge >= 0.3 is 6.09 Å². The monoisotopic (exact) mass is 488 g/mol. The minimum absolute atomic E-state index is 0.102. The highest BCUT2D eigenvalue weighted by molar-refractivity contribution is 6.32.